The molecule has 1 atom stereocenters. The molecular formula is C17H20ClN3O3. The number of halogens is 1. The van der Waals surface area contributed by atoms with Crippen LogP contribution in [0.4, 0.5) is 0 Å². The second-order valence-corrected chi connectivity index (χ2v) is 6.42. The Bertz CT molecular complexity index is 733. The minimum Gasteiger partial charge on any atom is -0.482 e. The lowest BCUT2D eigenvalue weighted by molar-refractivity contribution is -0.151. The number of para-hydroxylation sites is 1. The van der Waals surface area contributed by atoms with Crippen LogP contribution in [-0.2, 0) is 22.2 Å². The first kappa shape index (κ1) is 16.8. The van der Waals surface area contributed by atoms with E-state index in [1.54, 1.807) is 27.9 Å². The van der Waals surface area contributed by atoms with E-state index in [9.17, 15) is 4.79 Å². The number of benzene rings is 1. The summed E-state index contributed by atoms with van der Waals surface area (Å²) in [5.74, 6) is 0.420. The van der Waals surface area contributed by atoms with Crippen molar-refractivity contribution in [2.24, 2.45) is 7.05 Å². The summed E-state index contributed by atoms with van der Waals surface area (Å²) in [6.45, 7) is 3.40. The predicted molar refractivity (Wildman–Crippen MR) is 90.0 cm³/mol. The SMILES string of the molecule is Cn1cc([C@@]2(C)CN(C(=O)COc3ccccc3Cl)CCO2)cn1. The zero-order valence-electron chi connectivity index (χ0n) is 13.7. The smallest absolute Gasteiger partial charge is 0.260 e. The van der Waals surface area contributed by atoms with Gasteiger partial charge in [0.1, 0.15) is 11.4 Å². The number of carbonyl (C=O) groups is 1. The molecular weight excluding hydrogens is 330 g/mol. The van der Waals surface area contributed by atoms with Crippen molar-refractivity contribution in [3.63, 3.8) is 0 Å². The molecule has 7 heteroatoms. The van der Waals surface area contributed by atoms with Crippen molar-refractivity contribution in [3.05, 3.63) is 47.2 Å². The zero-order chi connectivity index (χ0) is 17.2. The molecule has 2 heterocycles. The molecule has 0 N–H and O–H groups in total. The van der Waals surface area contributed by atoms with Gasteiger partial charge < -0.3 is 14.4 Å². The van der Waals surface area contributed by atoms with E-state index in [4.69, 9.17) is 21.1 Å². The van der Waals surface area contributed by atoms with Crippen LogP contribution in [0.1, 0.15) is 12.5 Å². The maximum absolute atomic E-state index is 12.5. The molecule has 2 aromatic rings. The normalized spacial score (nSPS) is 20.9. The fraction of sp³-hybridized carbons (Fsp3) is 0.412. The van der Waals surface area contributed by atoms with Gasteiger partial charge in [0, 0.05) is 25.4 Å². The highest BCUT2D eigenvalue weighted by Gasteiger charge is 2.36. The minimum atomic E-state index is -0.563. The molecule has 0 saturated carbocycles. The minimum absolute atomic E-state index is 0.0488. The molecule has 0 bridgehead atoms. The highest BCUT2D eigenvalue weighted by Crippen LogP contribution is 2.29. The van der Waals surface area contributed by atoms with Crippen LogP contribution in [0.3, 0.4) is 0 Å². The van der Waals surface area contributed by atoms with Gasteiger partial charge in [-0.3, -0.25) is 9.48 Å². The topological polar surface area (TPSA) is 56.6 Å². The van der Waals surface area contributed by atoms with Gasteiger partial charge in [-0.1, -0.05) is 23.7 Å². The standard InChI is InChI=1S/C17H20ClN3O3/c1-17(13-9-19-20(2)10-13)12-21(7-8-24-17)16(22)11-23-15-6-4-3-5-14(15)18/h3-6,9-10H,7-8,11-12H2,1-2H3/t17-/m1/s1. The first-order valence-corrected chi connectivity index (χ1v) is 8.14. The lowest BCUT2D eigenvalue weighted by Crippen LogP contribution is -2.51. The van der Waals surface area contributed by atoms with Crippen LogP contribution >= 0.6 is 11.6 Å². The van der Waals surface area contributed by atoms with E-state index in [2.05, 4.69) is 5.10 Å². The second-order valence-electron chi connectivity index (χ2n) is 6.02. The first-order chi connectivity index (χ1) is 11.5. The molecule has 128 valence electrons. The highest BCUT2D eigenvalue weighted by atomic mass is 35.5. The van der Waals surface area contributed by atoms with E-state index in [0.29, 0.717) is 30.5 Å². The molecule has 0 aliphatic carbocycles. The van der Waals surface area contributed by atoms with Crippen molar-refractivity contribution in [3.8, 4) is 5.75 Å². The van der Waals surface area contributed by atoms with Gasteiger partial charge in [0.2, 0.25) is 0 Å². The second kappa shape index (κ2) is 6.83. The number of ether oxygens (including phenoxy) is 2. The maximum atomic E-state index is 12.5. The Balaban J connectivity index is 1.64. The van der Waals surface area contributed by atoms with Crippen molar-refractivity contribution in [2.75, 3.05) is 26.3 Å². The average Bonchev–Trinajstić information content (AvgIpc) is 3.01. The van der Waals surface area contributed by atoms with Crippen molar-refractivity contribution in [1.29, 1.82) is 0 Å². The summed E-state index contributed by atoms with van der Waals surface area (Å²) >= 11 is 6.04. The van der Waals surface area contributed by atoms with Crippen molar-refractivity contribution in [1.82, 2.24) is 14.7 Å². The Morgan fingerprint density at radius 1 is 1.46 bits per heavy atom. The molecule has 1 aliphatic rings. The summed E-state index contributed by atoms with van der Waals surface area (Å²) < 4.78 is 13.2. The van der Waals surface area contributed by atoms with Crippen LogP contribution in [0.15, 0.2) is 36.7 Å². The van der Waals surface area contributed by atoms with E-state index >= 15 is 0 Å². The van der Waals surface area contributed by atoms with Gasteiger partial charge in [0.15, 0.2) is 6.61 Å². The number of morpholine rings is 1. The van der Waals surface area contributed by atoms with Gasteiger partial charge in [-0.2, -0.15) is 5.10 Å². The van der Waals surface area contributed by atoms with Gasteiger partial charge in [-0.15, -0.1) is 0 Å². The third-order valence-corrected chi connectivity index (χ3v) is 4.44. The summed E-state index contributed by atoms with van der Waals surface area (Å²) in [6.07, 6.45) is 3.68. The van der Waals surface area contributed by atoms with Crippen molar-refractivity contribution >= 4 is 17.5 Å². The van der Waals surface area contributed by atoms with Gasteiger partial charge in [-0.25, -0.2) is 0 Å². The molecule has 1 aromatic carbocycles. The van der Waals surface area contributed by atoms with Crippen LogP contribution in [0.5, 0.6) is 5.75 Å². The first-order valence-electron chi connectivity index (χ1n) is 7.76. The van der Waals surface area contributed by atoms with Crippen molar-refractivity contribution in [2.45, 2.75) is 12.5 Å². The summed E-state index contributed by atoms with van der Waals surface area (Å²) in [7, 11) is 1.86. The molecule has 0 unspecified atom stereocenters. The summed E-state index contributed by atoms with van der Waals surface area (Å²) in [6, 6.07) is 7.11. The lowest BCUT2D eigenvalue weighted by atomic mass is 9.97. The number of aromatic nitrogens is 2. The van der Waals surface area contributed by atoms with Crippen molar-refractivity contribution < 1.29 is 14.3 Å². The fourth-order valence-corrected chi connectivity index (χ4v) is 2.93. The number of amides is 1. The average molecular weight is 350 g/mol. The Hall–Kier alpha value is -2.05. The summed E-state index contributed by atoms with van der Waals surface area (Å²) in [4.78, 5) is 14.2. The molecule has 1 aliphatic heterocycles. The third-order valence-electron chi connectivity index (χ3n) is 4.13. The van der Waals surface area contributed by atoms with Gasteiger partial charge in [0.25, 0.3) is 5.91 Å². The molecule has 6 nitrogen and oxygen atoms in total. The zero-order valence-corrected chi connectivity index (χ0v) is 14.5. The van der Waals surface area contributed by atoms with Crippen LogP contribution in [0.25, 0.3) is 0 Å². The largest absolute Gasteiger partial charge is 0.482 e. The number of rotatable bonds is 4. The number of aryl methyl sites for hydroxylation is 1. The Kier molecular flexibility index (Phi) is 4.78. The third kappa shape index (κ3) is 3.55. The van der Waals surface area contributed by atoms with Gasteiger partial charge in [0.05, 0.1) is 24.4 Å². The molecule has 1 saturated heterocycles. The van der Waals surface area contributed by atoms with E-state index < -0.39 is 5.60 Å². The summed E-state index contributed by atoms with van der Waals surface area (Å²) in [5.41, 5.74) is 0.390. The van der Waals surface area contributed by atoms with E-state index in [1.165, 1.54) is 0 Å². The van der Waals surface area contributed by atoms with Crippen LogP contribution in [0.2, 0.25) is 5.02 Å². The number of nitrogens with zero attached hydrogens (tertiary/aromatic N) is 3. The quantitative estimate of drug-likeness (QED) is 0.849. The monoisotopic (exact) mass is 349 g/mol. The molecule has 1 fully saturated rings. The lowest BCUT2D eigenvalue weighted by Gasteiger charge is -2.40. The van der Waals surface area contributed by atoms with E-state index in [1.807, 2.05) is 32.3 Å². The van der Waals surface area contributed by atoms with E-state index in [0.717, 1.165) is 5.56 Å². The summed E-state index contributed by atoms with van der Waals surface area (Å²) in [5, 5.41) is 4.68. The molecule has 1 amide bonds. The Morgan fingerprint density at radius 2 is 2.25 bits per heavy atom. The van der Waals surface area contributed by atoms with Crippen LogP contribution < -0.4 is 4.74 Å². The number of hydrogen-bond donors (Lipinski definition) is 0. The van der Waals surface area contributed by atoms with Crippen LogP contribution in [0, 0.1) is 0 Å². The molecule has 0 radical (unpaired) electrons. The van der Waals surface area contributed by atoms with Gasteiger partial charge >= 0.3 is 0 Å². The van der Waals surface area contributed by atoms with Crippen LogP contribution in [-0.4, -0.2) is 46.9 Å². The Morgan fingerprint density at radius 3 is 2.96 bits per heavy atom. The Labute approximate surface area is 145 Å². The molecule has 0 spiro atoms. The van der Waals surface area contributed by atoms with Gasteiger partial charge in [-0.05, 0) is 19.1 Å². The highest BCUT2D eigenvalue weighted by molar-refractivity contribution is 6.32. The molecule has 24 heavy (non-hydrogen) atoms. The maximum Gasteiger partial charge on any atom is 0.260 e. The number of carbonyl (C=O) groups excluding carboxylic acids is 1. The molecule has 1 aromatic heterocycles. The fourth-order valence-electron chi connectivity index (χ4n) is 2.74. The number of hydrogen-bond acceptors (Lipinski definition) is 4. The molecule has 3 rings (SSSR count). The van der Waals surface area contributed by atoms with E-state index in [-0.39, 0.29) is 12.5 Å². The predicted octanol–water partition coefficient (Wildman–Crippen LogP) is 2.23.